The molecule has 4 heteroatoms. The Balaban J connectivity index is 4.03. The molecule has 2 nitrogen and oxygen atoms in total. The van der Waals surface area contributed by atoms with E-state index in [2.05, 4.69) is 6.92 Å². The molecule has 0 spiro atoms. The Hall–Kier alpha value is -0.250. The summed E-state index contributed by atoms with van der Waals surface area (Å²) in [5, 5.41) is -0.0649. The Morgan fingerprint density at radius 3 is 2.53 bits per heavy atom. The molecule has 0 aliphatic rings. The van der Waals surface area contributed by atoms with E-state index in [1.807, 2.05) is 13.8 Å². The highest BCUT2D eigenvalue weighted by Crippen LogP contribution is 2.21. The summed E-state index contributed by atoms with van der Waals surface area (Å²) in [5.41, 5.74) is 0. The summed E-state index contributed by atoms with van der Waals surface area (Å²) in [5.74, 6) is 1.13. The number of carbonyl (C=O) groups excluding carboxylic acids is 1. The van der Waals surface area contributed by atoms with E-state index in [4.69, 9.17) is 4.74 Å². The third-order valence-corrected chi connectivity index (χ3v) is 4.09. The first kappa shape index (κ1) is 18.8. The number of esters is 1. The van der Waals surface area contributed by atoms with Crippen LogP contribution in [0.5, 0.6) is 0 Å². The molecular weight excluding hydrogens is 263 g/mol. The van der Waals surface area contributed by atoms with E-state index in [-0.39, 0.29) is 17.9 Å². The van der Waals surface area contributed by atoms with Crippen LogP contribution >= 0.6 is 11.8 Å². The van der Waals surface area contributed by atoms with Crippen LogP contribution in [0.4, 0.5) is 4.39 Å². The van der Waals surface area contributed by atoms with E-state index in [1.165, 1.54) is 0 Å². The van der Waals surface area contributed by atoms with Gasteiger partial charge in [-0.2, -0.15) is 0 Å². The maximum atomic E-state index is 12.0. The molecule has 0 aromatic heterocycles. The van der Waals surface area contributed by atoms with Crippen LogP contribution in [0, 0.1) is 5.92 Å². The smallest absolute Gasteiger partial charge is 0.319 e. The first-order valence-corrected chi connectivity index (χ1v) is 8.50. The molecule has 1 atom stereocenters. The number of hydrogen-bond acceptors (Lipinski definition) is 3. The highest BCUT2D eigenvalue weighted by atomic mass is 32.2. The lowest BCUT2D eigenvalue weighted by molar-refractivity contribution is -0.144. The first-order chi connectivity index (χ1) is 9.11. The topological polar surface area (TPSA) is 26.3 Å². The van der Waals surface area contributed by atoms with Crippen LogP contribution in [-0.2, 0) is 9.53 Å². The molecule has 0 amide bonds. The van der Waals surface area contributed by atoms with Crippen LogP contribution in [-0.4, -0.2) is 30.3 Å². The Morgan fingerprint density at radius 2 is 1.95 bits per heavy atom. The van der Waals surface area contributed by atoms with E-state index >= 15 is 0 Å². The van der Waals surface area contributed by atoms with E-state index in [0.29, 0.717) is 18.9 Å². The van der Waals surface area contributed by atoms with Gasteiger partial charge in [-0.05, 0) is 30.9 Å². The summed E-state index contributed by atoms with van der Waals surface area (Å²) in [6.45, 7) is 6.45. The number of alkyl halides is 1. The van der Waals surface area contributed by atoms with Crippen molar-refractivity contribution in [2.45, 2.75) is 64.5 Å². The van der Waals surface area contributed by atoms with Crippen LogP contribution < -0.4 is 0 Å². The molecule has 1 unspecified atom stereocenters. The molecule has 0 saturated heterocycles. The lowest BCUT2D eigenvalue weighted by Crippen LogP contribution is -2.22. The fraction of sp³-hybridized carbons (Fsp3) is 0.933. The maximum absolute atomic E-state index is 12.0. The lowest BCUT2D eigenvalue weighted by atomic mass is 10.1. The largest absolute Gasteiger partial charge is 0.465 e. The van der Waals surface area contributed by atoms with Gasteiger partial charge in [-0.15, -0.1) is 11.8 Å². The molecule has 0 aromatic carbocycles. The third kappa shape index (κ3) is 11.3. The molecule has 0 aliphatic heterocycles. The summed E-state index contributed by atoms with van der Waals surface area (Å²) < 4.78 is 17.4. The van der Waals surface area contributed by atoms with Crippen LogP contribution in [0.3, 0.4) is 0 Å². The molecule has 0 heterocycles. The molecule has 0 radical (unpaired) electrons. The minimum absolute atomic E-state index is 0.0649. The van der Waals surface area contributed by atoms with E-state index < -0.39 is 0 Å². The van der Waals surface area contributed by atoms with Crippen LogP contribution in [0.25, 0.3) is 0 Å². The number of carbonyl (C=O) groups is 1. The van der Waals surface area contributed by atoms with Gasteiger partial charge in [0.25, 0.3) is 0 Å². The molecule has 0 N–H and O–H groups in total. The number of rotatable bonds is 12. The van der Waals surface area contributed by atoms with E-state index in [1.54, 1.807) is 11.8 Å². The molecule has 0 saturated carbocycles. The molecule has 0 aromatic rings. The van der Waals surface area contributed by atoms with Gasteiger partial charge in [0.1, 0.15) is 5.25 Å². The first-order valence-electron chi connectivity index (χ1n) is 7.46. The Morgan fingerprint density at radius 1 is 1.21 bits per heavy atom. The quantitative estimate of drug-likeness (QED) is 0.388. The predicted molar refractivity (Wildman–Crippen MR) is 81.4 cm³/mol. The summed E-state index contributed by atoms with van der Waals surface area (Å²) in [7, 11) is 0. The van der Waals surface area contributed by atoms with Crippen molar-refractivity contribution < 1.29 is 13.9 Å². The van der Waals surface area contributed by atoms with Gasteiger partial charge < -0.3 is 4.74 Å². The van der Waals surface area contributed by atoms with Crippen molar-refractivity contribution in [2.24, 2.45) is 5.92 Å². The molecule has 114 valence electrons. The van der Waals surface area contributed by atoms with Gasteiger partial charge in [0.15, 0.2) is 0 Å². The normalized spacial score (nSPS) is 12.7. The van der Waals surface area contributed by atoms with Gasteiger partial charge in [0.05, 0.1) is 13.3 Å². The third-order valence-electron chi connectivity index (χ3n) is 2.74. The van der Waals surface area contributed by atoms with Gasteiger partial charge in [0.2, 0.25) is 0 Å². The van der Waals surface area contributed by atoms with Gasteiger partial charge in [-0.1, -0.05) is 40.0 Å². The molecule has 0 fully saturated rings. The second kappa shape index (κ2) is 12.8. The van der Waals surface area contributed by atoms with Crippen LogP contribution in [0.1, 0.15) is 59.3 Å². The van der Waals surface area contributed by atoms with Crippen LogP contribution in [0.2, 0.25) is 0 Å². The average Bonchev–Trinajstić information content (AvgIpc) is 2.39. The molecule has 19 heavy (non-hydrogen) atoms. The minimum atomic E-state index is -0.265. The molecule has 0 rings (SSSR count). The maximum Gasteiger partial charge on any atom is 0.319 e. The molecule has 0 bridgehead atoms. The van der Waals surface area contributed by atoms with Crippen molar-refractivity contribution in [2.75, 3.05) is 19.0 Å². The minimum Gasteiger partial charge on any atom is -0.465 e. The summed E-state index contributed by atoms with van der Waals surface area (Å²) in [4.78, 5) is 12.0. The summed E-state index contributed by atoms with van der Waals surface area (Å²) in [6, 6.07) is 0. The average molecular weight is 292 g/mol. The number of ether oxygens (including phenoxy) is 1. The number of halogens is 1. The Bertz CT molecular complexity index is 222. The van der Waals surface area contributed by atoms with Gasteiger partial charge in [0, 0.05) is 0 Å². The summed E-state index contributed by atoms with van der Waals surface area (Å²) >= 11 is 1.63. The van der Waals surface area contributed by atoms with E-state index in [9.17, 15) is 9.18 Å². The monoisotopic (exact) mass is 292 g/mol. The van der Waals surface area contributed by atoms with Gasteiger partial charge in [-0.3, -0.25) is 9.18 Å². The fourth-order valence-corrected chi connectivity index (χ4v) is 2.81. The zero-order valence-electron chi connectivity index (χ0n) is 12.6. The van der Waals surface area contributed by atoms with Gasteiger partial charge >= 0.3 is 5.97 Å². The van der Waals surface area contributed by atoms with E-state index in [0.717, 1.165) is 37.9 Å². The Labute approximate surface area is 121 Å². The van der Waals surface area contributed by atoms with Crippen molar-refractivity contribution in [1.29, 1.82) is 0 Å². The second-order valence-electron chi connectivity index (χ2n) is 5.28. The highest BCUT2D eigenvalue weighted by molar-refractivity contribution is 8.00. The zero-order valence-corrected chi connectivity index (χ0v) is 13.4. The molecule has 0 aliphatic carbocycles. The van der Waals surface area contributed by atoms with Crippen molar-refractivity contribution in [1.82, 2.24) is 0 Å². The highest BCUT2D eigenvalue weighted by Gasteiger charge is 2.20. The second-order valence-corrected chi connectivity index (χ2v) is 6.59. The number of hydrogen-bond donors (Lipinski definition) is 0. The fourth-order valence-electron chi connectivity index (χ4n) is 1.61. The summed E-state index contributed by atoms with van der Waals surface area (Å²) in [6.07, 6.45) is 5.68. The van der Waals surface area contributed by atoms with Crippen molar-refractivity contribution in [3.8, 4) is 0 Å². The van der Waals surface area contributed by atoms with Crippen molar-refractivity contribution in [3.63, 3.8) is 0 Å². The number of unbranched alkanes of at least 4 members (excludes halogenated alkanes) is 3. The SMILES string of the molecule is CCCCCC(SCCCCF)C(=O)OCC(C)C. The standard InChI is InChI=1S/C15H29FO2S/c1-4-5-6-9-14(19-11-8-7-10-16)15(17)18-12-13(2)3/h13-14H,4-12H2,1-3H3. The van der Waals surface area contributed by atoms with Gasteiger partial charge in [-0.25, -0.2) is 0 Å². The predicted octanol–water partition coefficient (Wildman–Crippen LogP) is 4.62. The van der Waals surface area contributed by atoms with Crippen LogP contribution in [0.15, 0.2) is 0 Å². The number of thioether (sulfide) groups is 1. The zero-order chi connectivity index (χ0) is 14.5. The lowest BCUT2D eigenvalue weighted by Gasteiger charge is -2.16. The van der Waals surface area contributed by atoms with Crippen molar-refractivity contribution in [3.05, 3.63) is 0 Å². The molecular formula is C15H29FO2S. The van der Waals surface area contributed by atoms with Crippen molar-refractivity contribution >= 4 is 17.7 Å². The Kier molecular flexibility index (Phi) is 12.6.